The van der Waals surface area contributed by atoms with E-state index < -0.39 is 27.1 Å². The fourth-order valence-corrected chi connectivity index (χ4v) is 8.87. The molecular formula is C49H70N4O6. The van der Waals surface area contributed by atoms with Crippen molar-refractivity contribution in [1.82, 2.24) is 0 Å². The van der Waals surface area contributed by atoms with E-state index in [1.807, 2.05) is 12.1 Å². The minimum Gasteiger partial charge on any atom is -0.478 e. The normalized spacial score (nSPS) is 11.4. The second-order valence-corrected chi connectivity index (χ2v) is 16.7. The highest BCUT2D eigenvalue weighted by molar-refractivity contribution is 6.04. The lowest BCUT2D eigenvalue weighted by Gasteiger charge is -2.16. The smallest absolute Gasteiger partial charge is 0.336 e. The number of benzene rings is 2. The van der Waals surface area contributed by atoms with E-state index in [9.17, 15) is 40.7 Å². The molecule has 1 N–H and O–H groups in total. The van der Waals surface area contributed by atoms with Crippen molar-refractivity contribution >= 4 is 29.0 Å². The number of nitriles is 2. The van der Waals surface area contributed by atoms with Crippen molar-refractivity contribution in [3.63, 3.8) is 0 Å². The molecule has 10 nitrogen and oxygen atoms in total. The van der Waals surface area contributed by atoms with Gasteiger partial charge >= 0.3 is 5.97 Å². The van der Waals surface area contributed by atoms with Crippen LogP contribution in [0.15, 0.2) is 12.1 Å². The summed E-state index contributed by atoms with van der Waals surface area (Å²) in [6.07, 6.45) is 34.5. The summed E-state index contributed by atoms with van der Waals surface area (Å²) in [6.45, 7) is 4.47. The zero-order valence-electron chi connectivity index (χ0n) is 36.2. The number of hydrogen-bond acceptors (Lipinski definition) is 7. The first kappa shape index (κ1) is 48.8. The van der Waals surface area contributed by atoms with Crippen molar-refractivity contribution in [3.05, 3.63) is 65.1 Å². The van der Waals surface area contributed by atoms with Crippen molar-refractivity contribution in [1.29, 1.82) is 10.5 Å². The Bertz CT molecular complexity index is 1870. The van der Waals surface area contributed by atoms with Crippen LogP contribution in [0.5, 0.6) is 0 Å². The van der Waals surface area contributed by atoms with Gasteiger partial charge in [0.25, 0.3) is 11.4 Å². The number of aryl methyl sites for hydroxylation is 1. The van der Waals surface area contributed by atoms with E-state index in [1.165, 1.54) is 140 Å². The Labute approximate surface area is 353 Å². The predicted molar refractivity (Wildman–Crippen MR) is 238 cm³/mol. The summed E-state index contributed by atoms with van der Waals surface area (Å²) >= 11 is 0. The maximum Gasteiger partial charge on any atom is 0.336 e. The first-order valence-corrected chi connectivity index (χ1v) is 23.2. The zero-order chi connectivity index (χ0) is 42.8. The predicted octanol–water partition coefficient (Wildman–Crippen LogP) is 13.3. The highest BCUT2D eigenvalue weighted by atomic mass is 16.6. The van der Waals surface area contributed by atoms with Crippen molar-refractivity contribution < 1.29 is 19.7 Å². The van der Waals surface area contributed by atoms with Crippen LogP contribution in [-0.4, -0.2) is 20.9 Å². The molecule has 0 bridgehead atoms. The Morgan fingerprint density at radius 3 is 1.37 bits per heavy atom. The number of rotatable bonds is 33. The zero-order valence-corrected chi connectivity index (χ0v) is 36.2. The molecule has 2 aromatic rings. The second kappa shape index (κ2) is 28.0. The second-order valence-electron chi connectivity index (χ2n) is 16.7. The highest BCUT2D eigenvalue weighted by Gasteiger charge is 2.34. The first-order chi connectivity index (χ1) is 28.7. The summed E-state index contributed by atoms with van der Waals surface area (Å²) in [5, 5.41) is 55.6. The number of hydrogen-bond donors (Lipinski definition) is 1. The minimum absolute atomic E-state index is 0.000215. The van der Waals surface area contributed by atoms with Crippen LogP contribution in [0.1, 0.15) is 221 Å². The molecule has 10 heteroatoms. The molecule has 0 aromatic heterocycles. The lowest BCUT2D eigenvalue weighted by atomic mass is 9.86. The number of aromatic carboxylic acids is 1. The lowest BCUT2D eigenvalue weighted by molar-refractivity contribution is -0.386. The van der Waals surface area contributed by atoms with Crippen molar-refractivity contribution in [3.8, 4) is 23.3 Å². The fourth-order valence-electron chi connectivity index (χ4n) is 8.87. The molecule has 0 spiro atoms. The Morgan fingerprint density at radius 1 is 0.593 bits per heavy atom. The molecule has 0 radical (unpaired) electrons. The number of nitro groups is 2. The number of carbonyl (C=O) groups is 1. The average Bonchev–Trinajstić information content (AvgIpc) is 3.60. The van der Waals surface area contributed by atoms with E-state index in [4.69, 9.17) is 0 Å². The molecule has 1 aliphatic carbocycles. The molecule has 2 aromatic carbocycles. The van der Waals surface area contributed by atoms with E-state index in [1.54, 1.807) is 0 Å². The van der Waals surface area contributed by atoms with Crippen LogP contribution in [0.3, 0.4) is 0 Å². The van der Waals surface area contributed by atoms with Crippen LogP contribution in [0.2, 0.25) is 0 Å². The molecule has 0 heterocycles. The molecule has 3 rings (SSSR count). The number of fused-ring (bicyclic) bond motifs is 3. The van der Waals surface area contributed by atoms with Gasteiger partial charge in [-0.2, -0.15) is 10.5 Å². The quantitative estimate of drug-likeness (QED) is 0.0360. The van der Waals surface area contributed by atoms with E-state index in [0.29, 0.717) is 29.5 Å². The molecular weight excluding hydrogens is 741 g/mol. The third kappa shape index (κ3) is 15.5. The van der Waals surface area contributed by atoms with Gasteiger partial charge in [0.1, 0.15) is 17.7 Å². The molecule has 0 saturated heterocycles. The van der Waals surface area contributed by atoms with Gasteiger partial charge < -0.3 is 5.11 Å². The van der Waals surface area contributed by atoms with Gasteiger partial charge in [0.15, 0.2) is 0 Å². The van der Waals surface area contributed by atoms with Crippen LogP contribution in [0.25, 0.3) is 22.8 Å². The molecule has 0 amide bonds. The third-order valence-electron chi connectivity index (χ3n) is 12.1. The lowest BCUT2D eigenvalue weighted by Crippen LogP contribution is -2.34. The average molecular weight is 811 g/mol. The summed E-state index contributed by atoms with van der Waals surface area (Å²) in [5.41, 5.74) is 0.276. The molecule has 0 unspecified atom stereocenters. The standard InChI is InChI=1S/C49H70N4O6/c1-3-5-7-9-11-13-15-17-19-21-23-25-27-29-31-38-33-41(52(56)57)34-39-35-43-45(40(36-50)37-51)48(53(58)59)42(47(49(54)55)46(43)44(38)39)32-30-28-26-24-22-20-18-16-14-12-10-8-6-4-2/h33-35H,3-32H2,1-2H3,(H,54,55). The van der Waals surface area contributed by atoms with Crippen LogP contribution in [-0.2, 0) is 12.8 Å². The molecule has 0 saturated carbocycles. The monoisotopic (exact) mass is 811 g/mol. The summed E-state index contributed by atoms with van der Waals surface area (Å²) in [7, 11) is 0. The maximum atomic E-state index is 13.2. The number of nitro benzene ring substituents is 2. The van der Waals surface area contributed by atoms with Crippen LogP contribution in [0, 0.1) is 42.9 Å². The number of nitrogens with zero attached hydrogens (tertiary/aromatic N) is 4. The Kier molecular flexibility index (Phi) is 23.2. The van der Waals surface area contributed by atoms with Gasteiger partial charge in [-0.05, 0) is 48.4 Å². The van der Waals surface area contributed by atoms with E-state index in [0.717, 1.165) is 51.4 Å². The van der Waals surface area contributed by atoms with Gasteiger partial charge in [0, 0.05) is 28.5 Å². The molecule has 0 fully saturated rings. The van der Waals surface area contributed by atoms with Gasteiger partial charge in [0.2, 0.25) is 0 Å². The van der Waals surface area contributed by atoms with Gasteiger partial charge in [-0.15, -0.1) is 0 Å². The van der Waals surface area contributed by atoms with Crippen LogP contribution >= 0.6 is 0 Å². The fraction of sp³-hybridized carbons (Fsp3) is 0.653. The minimum atomic E-state index is -1.34. The van der Waals surface area contributed by atoms with Gasteiger partial charge in [0.05, 0.1) is 20.6 Å². The Balaban J connectivity index is 1.78. The van der Waals surface area contributed by atoms with Gasteiger partial charge in [-0.1, -0.05) is 181 Å². The summed E-state index contributed by atoms with van der Waals surface area (Å²) in [5.74, 6) is -1.34. The Hall–Kier alpha value is -4.57. The molecule has 59 heavy (non-hydrogen) atoms. The molecule has 322 valence electrons. The van der Waals surface area contributed by atoms with Crippen molar-refractivity contribution in [2.45, 2.75) is 206 Å². The number of unbranched alkanes of at least 4 members (excludes halogenated alkanes) is 26. The summed E-state index contributed by atoms with van der Waals surface area (Å²) in [4.78, 5) is 37.0. The largest absolute Gasteiger partial charge is 0.478 e. The SMILES string of the molecule is CCCCCCCCCCCCCCCCc1cc([N+](=O)[O-])cc2c1-c1c(C(=O)O)c(CCCCCCCCCCCCCCCC)c([N+](=O)[O-])c(=C(C#N)C#N)c1=C2. The maximum absolute atomic E-state index is 13.2. The highest BCUT2D eigenvalue weighted by Crippen LogP contribution is 2.39. The number of non-ortho nitro benzene ring substituents is 1. The van der Waals surface area contributed by atoms with Crippen molar-refractivity contribution in [2.75, 3.05) is 0 Å². The Morgan fingerprint density at radius 2 is 1.00 bits per heavy atom. The molecule has 0 atom stereocenters. The topological polar surface area (TPSA) is 171 Å². The summed E-state index contributed by atoms with van der Waals surface area (Å²) in [6, 6.07) is 6.48. The van der Waals surface area contributed by atoms with Gasteiger partial charge in [-0.3, -0.25) is 20.2 Å². The van der Waals surface area contributed by atoms with E-state index >= 15 is 0 Å². The van der Waals surface area contributed by atoms with Gasteiger partial charge in [-0.25, -0.2) is 4.79 Å². The van der Waals surface area contributed by atoms with E-state index in [-0.39, 0.29) is 39.2 Å². The molecule has 1 aliphatic rings. The third-order valence-corrected chi connectivity index (χ3v) is 12.1. The number of carboxylic acid groups (broad SMARTS) is 1. The summed E-state index contributed by atoms with van der Waals surface area (Å²) < 4.78 is 0. The van der Waals surface area contributed by atoms with Crippen molar-refractivity contribution in [2.24, 2.45) is 0 Å². The number of carboxylic acids is 1. The first-order valence-electron chi connectivity index (χ1n) is 23.2. The molecule has 0 aliphatic heterocycles. The van der Waals surface area contributed by atoms with Crippen LogP contribution < -0.4 is 10.4 Å². The van der Waals surface area contributed by atoms with Crippen LogP contribution in [0.4, 0.5) is 11.4 Å². The van der Waals surface area contributed by atoms with E-state index in [2.05, 4.69) is 13.8 Å².